The van der Waals surface area contributed by atoms with Gasteiger partial charge in [0.05, 0.1) is 30.2 Å². The van der Waals surface area contributed by atoms with Crippen LogP contribution in [0.3, 0.4) is 0 Å². The van der Waals surface area contributed by atoms with Gasteiger partial charge >= 0.3 is 12.0 Å². The Morgan fingerprint density at radius 1 is 1.52 bits per heavy atom. The second-order valence-electron chi connectivity index (χ2n) is 4.86. The first kappa shape index (κ1) is 15.2. The first-order chi connectivity index (χ1) is 10.0. The number of hydrogen-bond acceptors (Lipinski definition) is 5. The molecule has 0 bridgehead atoms. The highest BCUT2D eigenvalue weighted by Crippen LogP contribution is 2.08. The Balaban J connectivity index is 1.81. The summed E-state index contributed by atoms with van der Waals surface area (Å²) in [5.41, 5.74) is 0.346. The van der Waals surface area contributed by atoms with Crippen LogP contribution in [0.4, 0.5) is 10.5 Å². The quantitative estimate of drug-likeness (QED) is 0.734. The lowest BCUT2D eigenvalue weighted by Crippen LogP contribution is -2.46. The number of carboxylic acids is 1. The summed E-state index contributed by atoms with van der Waals surface area (Å²) >= 11 is 0. The van der Waals surface area contributed by atoms with Crippen molar-refractivity contribution < 1.29 is 19.4 Å². The predicted molar refractivity (Wildman–Crippen MR) is 75.5 cm³/mol. The molecular formula is C13H18N4O4. The number of aromatic carboxylic acids is 1. The van der Waals surface area contributed by atoms with E-state index in [4.69, 9.17) is 9.84 Å². The zero-order valence-electron chi connectivity index (χ0n) is 11.7. The minimum atomic E-state index is -1.09. The predicted octanol–water partition coefficient (Wildman–Crippen LogP) is 0.232. The Bertz CT molecular complexity index is 523. The van der Waals surface area contributed by atoms with Crippen LogP contribution in [0.25, 0.3) is 0 Å². The number of ether oxygens (including phenoxy) is 1. The monoisotopic (exact) mass is 294 g/mol. The zero-order valence-corrected chi connectivity index (χ0v) is 11.7. The van der Waals surface area contributed by atoms with Gasteiger partial charge in [-0.15, -0.1) is 0 Å². The van der Waals surface area contributed by atoms with Gasteiger partial charge in [0.25, 0.3) is 0 Å². The van der Waals surface area contributed by atoms with Crippen molar-refractivity contribution in [2.75, 3.05) is 38.6 Å². The lowest BCUT2D eigenvalue weighted by molar-refractivity contribution is -0.0166. The van der Waals surface area contributed by atoms with Crippen molar-refractivity contribution in [2.24, 2.45) is 0 Å². The van der Waals surface area contributed by atoms with E-state index in [0.717, 1.165) is 13.1 Å². The van der Waals surface area contributed by atoms with E-state index in [9.17, 15) is 9.59 Å². The van der Waals surface area contributed by atoms with Crippen LogP contribution in [0.5, 0.6) is 0 Å². The molecule has 1 aliphatic heterocycles. The van der Waals surface area contributed by atoms with Crippen molar-refractivity contribution in [2.45, 2.75) is 6.10 Å². The molecule has 1 saturated heterocycles. The number of aromatic nitrogens is 1. The van der Waals surface area contributed by atoms with Gasteiger partial charge in [0.2, 0.25) is 0 Å². The molecule has 21 heavy (non-hydrogen) atoms. The summed E-state index contributed by atoms with van der Waals surface area (Å²) in [5, 5.41) is 14.1. The van der Waals surface area contributed by atoms with Crippen LogP contribution >= 0.6 is 0 Å². The van der Waals surface area contributed by atoms with Gasteiger partial charge in [-0.05, 0) is 13.1 Å². The van der Waals surface area contributed by atoms with E-state index in [-0.39, 0.29) is 11.7 Å². The van der Waals surface area contributed by atoms with Crippen LogP contribution in [0.1, 0.15) is 10.4 Å². The fourth-order valence-electron chi connectivity index (χ4n) is 2.00. The number of likely N-dealkylation sites (N-methyl/N-ethyl adjacent to an activating group) is 1. The van der Waals surface area contributed by atoms with Crippen molar-refractivity contribution in [3.05, 3.63) is 24.0 Å². The van der Waals surface area contributed by atoms with Crippen LogP contribution in [0.15, 0.2) is 18.5 Å². The van der Waals surface area contributed by atoms with Crippen LogP contribution < -0.4 is 10.6 Å². The fraction of sp³-hybridized carbons (Fsp3) is 0.462. The standard InChI is InChI=1S/C13H18N4O4/c1-17-2-3-21-11(8-17)7-15-13(20)16-10-4-9(12(18)19)5-14-6-10/h4-6,11H,2-3,7-8H2,1H3,(H,18,19)(H2,15,16,20). The van der Waals surface area contributed by atoms with E-state index in [1.807, 2.05) is 7.05 Å². The van der Waals surface area contributed by atoms with Crippen LogP contribution in [0.2, 0.25) is 0 Å². The lowest BCUT2D eigenvalue weighted by atomic mass is 10.2. The Labute approximate surface area is 122 Å². The maximum atomic E-state index is 11.8. The number of morpholine rings is 1. The first-order valence-electron chi connectivity index (χ1n) is 6.58. The number of nitrogens with one attached hydrogen (secondary N) is 2. The van der Waals surface area contributed by atoms with Gasteiger partial charge in [-0.25, -0.2) is 9.59 Å². The van der Waals surface area contributed by atoms with Gasteiger partial charge in [0, 0.05) is 25.8 Å². The Morgan fingerprint density at radius 3 is 3.05 bits per heavy atom. The number of anilines is 1. The highest BCUT2D eigenvalue weighted by molar-refractivity contribution is 5.92. The molecule has 1 aliphatic rings. The molecule has 114 valence electrons. The second kappa shape index (κ2) is 7.00. The van der Waals surface area contributed by atoms with E-state index < -0.39 is 12.0 Å². The Morgan fingerprint density at radius 2 is 2.33 bits per heavy atom. The molecule has 0 aromatic carbocycles. The maximum Gasteiger partial charge on any atom is 0.337 e. The summed E-state index contributed by atoms with van der Waals surface area (Å²) < 4.78 is 5.53. The molecule has 0 saturated carbocycles. The number of urea groups is 1. The number of pyridine rings is 1. The van der Waals surface area contributed by atoms with Crippen molar-refractivity contribution in [1.82, 2.24) is 15.2 Å². The smallest absolute Gasteiger partial charge is 0.337 e. The first-order valence-corrected chi connectivity index (χ1v) is 6.58. The van der Waals surface area contributed by atoms with Gasteiger partial charge in [-0.2, -0.15) is 0 Å². The zero-order chi connectivity index (χ0) is 15.2. The molecule has 1 unspecified atom stereocenters. The minimum absolute atomic E-state index is 0.0186. The summed E-state index contributed by atoms with van der Waals surface area (Å²) in [7, 11) is 2.00. The van der Waals surface area contributed by atoms with Crippen LogP contribution in [0, 0.1) is 0 Å². The van der Waals surface area contributed by atoms with Crippen LogP contribution in [-0.4, -0.2) is 66.4 Å². The minimum Gasteiger partial charge on any atom is -0.478 e. The normalized spacial score (nSPS) is 19.0. The molecule has 1 atom stereocenters. The summed E-state index contributed by atoms with van der Waals surface area (Å²) in [6.07, 6.45) is 2.56. The molecule has 8 heteroatoms. The molecule has 1 aromatic heterocycles. The average Bonchev–Trinajstić information content (AvgIpc) is 2.45. The molecule has 1 aromatic rings. The highest BCUT2D eigenvalue weighted by atomic mass is 16.5. The number of nitrogens with zero attached hydrogens (tertiary/aromatic N) is 2. The number of carbonyl (C=O) groups excluding carboxylic acids is 1. The highest BCUT2D eigenvalue weighted by Gasteiger charge is 2.18. The maximum absolute atomic E-state index is 11.8. The summed E-state index contributed by atoms with van der Waals surface area (Å²) in [5.74, 6) is -1.09. The van der Waals surface area contributed by atoms with Gasteiger partial charge in [0.15, 0.2) is 0 Å². The SMILES string of the molecule is CN1CCOC(CNC(=O)Nc2cncc(C(=O)O)c2)C1. The summed E-state index contributed by atoms with van der Waals surface area (Å²) in [6.45, 7) is 2.68. The molecule has 2 rings (SSSR count). The van der Waals surface area contributed by atoms with Gasteiger partial charge < -0.3 is 25.4 Å². The van der Waals surface area contributed by atoms with E-state index in [1.54, 1.807) is 0 Å². The molecular weight excluding hydrogens is 276 g/mol. The molecule has 0 aliphatic carbocycles. The largest absolute Gasteiger partial charge is 0.478 e. The van der Waals surface area contributed by atoms with Crippen molar-refractivity contribution in [3.8, 4) is 0 Å². The molecule has 2 amide bonds. The van der Waals surface area contributed by atoms with Crippen molar-refractivity contribution in [1.29, 1.82) is 0 Å². The third-order valence-electron chi connectivity index (χ3n) is 3.08. The Kier molecular flexibility index (Phi) is 5.07. The molecule has 3 N–H and O–H groups in total. The number of carbonyl (C=O) groups is 2. The molecule has 0 spiro atoms. The van der Waals surface area contributed by atoms with Gasteiger partial charge in [0.1, 0.15) is 0 Å². The number of carboxylic acid groups (broad SMARTS) is 1. The van der Waals surface area contributed by atoms with Crippen molar-refractivity contribution >= 4 is 17.7 Å². The fourth-order valence-corrected chi connectivity index (χ4v) is 2.00. The van der Waals surface area contributed by atoms with Gasteiger partial charge in [-0.3, -0.25) is 4.98 Å². The molecule has 8 nitrogen and oxygen atoms in total. The number of amides is 2. The molecule has 0 radical (unpaired) electrons. The Hall–Kier alpha value is -2.19. The van der Waals surface area contributed by atoms with E-state index in [0.29, 0.717) is 18.8 Å². The third kappa shape index (κ3) is 4.69. The van der Waals surface area contributed by atoms with Crippen LogP contribution in [-0.2, 0) is 4.74 Å². The number of hydrogen-bond donors (Lipinski definition) is 3. The molecule has 2 heterocycles. The topological polar surface area (TPSA) is 104 Å². The van der Waals surface area contributed by atoms with Gasteiger partial charge in [-0.1, -0.05) is 0 Å². The number of rotatable bonds is 4. The third-order valence-corrected chi connectivity index (χ3v) is 3.08. The van der Waals surface area contributed by atoms with E-state index in [2.05, 4.69) is 20.5 Å². The average molecular weight is 294 g/mol. The van der Waals surface area contributed by atoms with E-state index in [1.165, 1.54) is 18.5 Å². The summed E-state index contributed by atoms with van der Waals surface area (Å²) in [6, 6.07) is 0.927. The summed E-state index contributed by atoms with van der Waals surface area (Å²) in [4.78, 5) is 28.5. The second-order valence-corrected chi connectivity index (χ2v) is 4.86. The lowest BCUT2D eigenvalue weighted by Gasteiger charge is -2.30. The van der Waals surface area contributed by atoms with Crippen molar-refractivity contribution in [3.63, 3.8) is 0 Å². The van der Waals surface area contributed by atoms with E-state index >= 15 is 0 Å². The molecule has 1 fully saturated rings.